The lowest BCUT2D eigenvalue weighted by Gasteiger charge is -2.35. The quantitative estimate of drug-likeness (QED) is 0.790. The van der Waals surface area contributed by atoms with E-state index in [1.807, 2.05) is 12.1 Å². The van der Waals surface area contributed by atoms with E-state index in [4.69, 9.17) is 0 Å². The van der Waals surface area contributed by atoms with Crippen LogP contribution < -0.4 is 14.7 Å². The van der Waals surface area contributed by atoms with Crippen LogP contribution in [0.15, 0.2) is 53.0 Å². The van der Waals surface area contributed by atoms with Gasteiger partial charge in [-0.3, -0.25) is 14.5 Å². The molecule has 6 heteroatoms. The molecule has 128 valence electrons. The predicted molar refractivity (Wildman–Crippen MR) is 100 cm³/mol. The predicted octanol–water partition coefficient (Wildman–Crippen LogP) is 1.34. The number of hydrogen-bond donors (Lipinski definition) is 1. The maximum Gasteiger partial charge on any atom is 0.303 e. The van der Waals surface area contributed by atoms with E-state index in [-0.39, 0.29) is 0 Å². The SMILES string of the molecule is O=C1C(=O)N(C[NH+]2CCN(c3ccccc3)CC2)c2c(Br)cccc21. The van der Waals surface area contributed by atoms with Crippen LogP contribution in [-0.2, 0) is 4.79 Å². The molecule has 1 saturated heterocycles. The molecular weight excluding hydrogens is 382 g/mol. The highest BCUT2D eigenvalue weighted by Gasteiger charge is 2.39. The van der Waals surface area contributed by atoms with Gasteiger partial charge >= 0.3 is 5.91 Å². The molecular formula is C19H19BrN3O2+. The fourth-order valence-electron chi connectivity index (χ4n) is 3.56. The molecule has 2 aromatic carbocycles. The first-order valence-electron chi connectivity index (χ1n) is 8.43. The van der Waals surface area contributed by atoms with E-state index in [0.29, 0.717) is 12.2 Å². The van der Waals surface area contributed by atoms with Crippen LogP contribution in [0.4, 0.5) is 11.4 Å². The number of halogens is 1. The minimum absolute atomic E-state index is 0.404. The summed E-state index contributed by atoms with van der Waals surface area (Å²) in [6, 6.07) is 15.8. The Kier molecular flexibility index (Phi) is 4.31. The Labute approximate surface area is 155 Å². The van der Waals surface area contributed by atoms with Gasteiger partial charge in [0, 0.05) is 10.2 Å². The van der Waals surface area contributed by atoms with Crippen LogP contribution in [0, 0.1) is 0 Å². The standard InChI is InChI=1S/C19H18BrN3O2/c20-16-8-4-7-15-17(16)23(19(25)18(15)24)13-21-9-11-22(12-10-21)14-5-2-1-3-6-14/h1-8H,9-13H2/p+1. The Morgan fingerprint density at radius 2 is 1.68 bits per heavy atom. The fraction of sp³-hybridized carbons (Fsp3) is 0.263. The Hall–Kier alpha value is -2.18. The van der Waals surface area contributed by atoms with E-state index in [9.17, 15) is 9.59 Å². The second kappa shape index (κ2) is 6.61. The Balaban J connectivity index is 1.46. The van der Waals surface area contributed by atoms with Crippen LogP contribution in [-0.4, -0.2) is 44.5 Å². The van der Waals surface area contributed by atoms with Crippen molar-refractivity contribution in [2.24, 2.45) is 0 Å². The number of quaternary nitrogens is 1. The number of anilines is 2. The number of carbonyl (C=O) groups excluding carboxylic acids is 2. The third-order valence-electron chi connectivity index (χ3n) is 4.91. The number of nitrogens with one attached hydrogen (secondary N) is 1. The number of piperazine rings is 1. The normalized spacial score (nSPS) is 18.0. The molecule has 0 aromatic heterocycles. The minimum atomic E-state index is -0.417. The zero-order valence-electron chi connectivity index (χ0n) is 13.7. The number of hydrogen-bond acceptors (Lipinski definition) is 3. The van der Waals surface area contributed by atoms with E-state index in [0.717, 1.165) is 36.3 Å². The van der Waals surface area contributed by atoms with Gasteiger partial charge in [0.2, 0.25) is 0 Å². The van der Waals surface area contributed by atoms with Crippen LogP contribution >= 0.6 is 15.9 Å². The lowest BCUT2D eigenvalue weighted by atomic mass is 10.1. The van der Waals surface area contributed by atoms with Crippen molar-refractivity contribution in [2.75, 3.05) is 42.6 Å². The van der Waals surface area contributed by atoms with Gasteiger partial charge in [-0.15, -0.1) is 0 Å². The fourth-order valence-corrected chi connectivity index (χ4v) is 4.14. The number of para-hydroxylation sites is 2. The maximum atomic E-state index is 12.4. The topological polar surface area (TPSA) is 45.1 Å². The van der Waals surface area contributed by atoms with E-state index in [2.05, 4.69) is 45.1 Å². The molecule has 1 N–H and O–H groups in total. The van der Waals surface area contributed by atoms with Gasteiger partial charge in [-0.05, 0) is 40.2 Å². The van der Waals surface area contributed by atoms with Crippen LogP contribution in [0.5, 0.6) is 0 Å². The summed E-state index contributed by atoms with van der Waals surface area (Å²) in [6.07, 6.45) is 0. The molecule has 1 amide bonds. The van der Waals surface area contributed by atoms with Crippen molar-refractivity contribution in [3.05, 3.63) is 58.6 Å². The molecule has 0 aliphatic carbocycles. The molecule has 0 bridgehead atoms. The largest absolute Gasteiger partial charge is 0.360 e. The summed E-state index contributed by atoms with van der Waals surface area (Å²) >= 11 is 3.48. The minimum Gasteiger partial charge on any atom is -0.360 e. The van der Waals surface area contributed by atoms with Gasteiger partial charge in [0.05, 0.1) is 37.4 Å². The number of benzene rings is 2. The highest BCUT2D eigenvalue weighted by molar-refractivity contribution is 9.10. The molecule has 4 rings (SSSR count). The summed E-state index contributed by atoms with van der Waals surface area (Å²) in [5.74, 6) is -0.821. The zero-order chi connectivity index (χ0) is 17.4. The number of nitrogens with zero attached hydrogens (tertiary/aromatic N) is 2. The third kappa shape index (κ3) is 2.96. The van der Waals surface area contributed by atoms with Crippen molar-refractivity contribution in [2.45, 2.75) is 0 Å². The Bertz CT molecular complexity index is 817. The van der Waals surface area contributed by atoms with Crippen molar-refractivity contribution in [3.8, 4) is 0 Å². The van der Waals surface area contributed by atoms with Crippen LogP contribution in [0.2, 0.25) is 0 Å². The number of carbonyl (C=O) groups is 2. The number of rotatable bonds is 3. The number of Topliss-reactive ketones (excluding diaryl/α,β-unsaturated/α-hetero) is 1. The first-order valence-corrected chi connectivity index (χ1v) is 9.23. The average molecular weight is 401 g/mol. The first-order chi connectivity index (χ1) is 12.1. The van der Waals surface area contributed by atoms with Gasteiger partial charge in [-0.25, -0.2) is 0 Å². The molecule has 5 nitrogen and oxygen atoms in total. The van der Waals surface area contributed by atoms with E-state index >= 15 is 0 Å². The Morgan fingerprint density at radius 3 is 2.40 bits per heavy atom. The molecule has 0 unspecified atom stereocenters. The van der Waals surface area contributed by atoms with Crippen LogP contribution in [0.25, 0.3) is 0 Å². The summed E-state index contributed by atoms with van der Waals surface area (Å²) in [5, 5.41) is 0. The number of ketones is 1. The Morgan fingerprint density at radius 1 is 0.960 bits per heavy atom. The van der Waals surface area contributed by atoms with Crippen molar-refractivity contribution >= 4 is 39.0 Å². The van der Waals surface area contributed by atoms with Crippen molar-refractivity contribution in [1.82, 2.24) is 0 Å². The lowest BCUT2D eigenvalue weighted by Crippen LogP contribution is -3.16. The molecule has 2 aromatic rings. The van der Waals surface area contributed by atoms with Crippen LogP contribution in [0.1, 0.15) is 10.4 Å². The van der Waals surface area contributed by atoms with E-state index in [1.54, 1.807) is 17.0 Å². The van der Waals surface area contributed by atoms with Crippen molar-refractivity contribution in [3.63, 3.8) is 0 Å². The zero-order valence-corrected chi connectivity index (χ0v) is 15.3. The molecule has 2 aliphatic heterocycles. The third-order valence-corrected chi connectivity index (χ3v) is 5.55. The summed E-state index contributed by atoms with van der Waals surface area (Å²) in [6.45, 7) is 4.29. The van der Waals surface area contributed by atoms with Gasteiger partial charge in [-0.2, -0.15) is 0 Å². The molecule has 1 fully saturated rings. The summed E-state index contributed by atoms with van der Waals surface area (Å²) in [4.78, 5) is 29.9. The maximum absolute atomic E-state index is 12.4. The van der Waals surface area contributed by atoms with Crippen molar-refractivity contribution in [1.29, 1.82) is 0 Å². The van der Waals surface area contributed by atoms with Gasteiger partial charge < -0.3 is 9.80 Å². The van der Waals surface area contributed by atoms with E-state index < -0.39 is 11.7 Å². The van der Waals surface area contributed by atoms with Gasteiger partial charge in [0.1, 0.15) is 0 Å². The molecule has 0 radical (unpaired) electrons. The molecule has 25 heavy (non-hydrogen) atoms. The summed E-state index contributed by atoms with van der Waals surface area (Å²) in [5.41, 5.74) is 2.46. The smallest absolute Gasteiger partial charge is 0.303 e. The monoisotopic (exact) mass is 400 g/mol. The van der Waals surface area contributed by atoms with Gasteiger partial charge in [0.15, 0.2) is 6.67 Å². The highest BCUT2D eigenvalue weighted by Crippen LogP contribution is 2.35. The average Bonchev–Trinajstić information content (AvgIpc) is 2.89. The second-order valence-corrected chi connectivity index (χ2v) is 7.28. The molecule has 0 saturated carbocycles. The molecule has 0 atom stereocenters. The number of amides is 1. The van der Waals surface area contributed by atoms with E-state index in [1.165, 1.54) is 10.6 Å². The number of fused-ring (bicyclic) bond motifs is 1. The molecule has 0 spiro atoms. The highest BCUT2D eigenvalue weighted by atomic mass is 79.9. The van der Waals surface area contributed by atoms with Crippen LogP contribution in [0.3, 0.4) is 0 Å². The molecule has 2 aliphatic rings. The van der Waals surface area contributed by atoms with Crippen molar-refractivity contribution < 1.29 is 14.5 Å². The first kappa shape index (κ1) is 16.3. The van der Waals surface area contributed by atoms with Gasteiger partial charge in [-0.1, -0.05) is 24.3 Å². The molecule has 2 heterocycles. The summed E-state index contributed by atoms with van der Waals surface area (Å²) < 4.78 is 0.798. The lowest BCUT2D eigenvalue weighted by molar-refractivity contribution is -0.899. The van der Waals surface area contributed by atoms with Gasteiger partial charge in [0.25, 0.3) is 5.78 Å². The second-order valence-electron chi connectivity index (χ2n) is 6.43. The summed E-state index contributed by atoms with van der Waals surface area (Å²) in [7, 11) is 0.